The topological polar surface area (TPSA) is 71.4 Å². The van der Waals surface area contributed by atoms with E-state index in [-0.39, 0.29) is 0 Å². The fourth-order valence-corrected chi connectivity index (χ4v) is 2.38. The van der Waals surface area contributed by atoms with Crippen LogP contribution >= 0.6 is 0 Å². The molecule has 108 valence electrons. The van der Waals surface area contributed by atoms with Gasteiger partial charge in [0.1, 0.15) is 6.33 Å². The molecule has 0 saturated carbocycles. The SMILES string of the molecule is Cc1n[nH]c(C)c1CNc1ccccc1-c1nncn1C. The van der Waals surface area contributed by atoms with Crippen molar-refractivity contribution in [2.45, 2.75) is 20.4 Å². The van der Waals surface area contributed by atoms with E-state index in [1.165, 1.54) is 5.56 Å². The van der Waals surface area contributed by atoms with Crippen molar-refractivity contribution in [3.8, 4) is 11.4 Å². The first-order valence-corrected chi connectivity index (χ1v) is 6.84. The molecule has 3 rings (SSSR count). The second kappa shape index (κ2) is 5.40. The second-order valence-electron chi connectivity index (χ2n) is 5.08. The zero-order chi connectivity index (χ0) is 14.8. The van der Waals surface area contributed by atoms with Gasteiger partial charge in [0.2, 0.25) is 0 Å². The Morgan fingerprint density at radius 3 is 2.71 bits per heavy atom. The second-order valence-corrected chi connectivity index (χ2v) is 5.08. The van der Waals surface area contributed by atoms with Crippen LogP contribution in [0.4, 0.5) is 5.69 Å². The molecule has 2 aromatic heterocycles. The Kier molecular flexibility index (Phi) is 3.43. The molecule has 0 amide bonds. The minimum absolute atomic E-state index is 0.725. The standard InChI is InChI=1S/C15H18N6/c1-10-13(11(2)19-18-10)8-16-14-7-5-4-6-12(14)15-20-17-9-21(15)3/h4-7,9,16H,8H2,1-3H3,(H,18,19). The number of hydrogen-bond donors (Lipinski definition) is 2. The Morgan fingerprint density at radius 1 is 1.24 bits per heavy atom. The Balaban J connectivity index is 1.89. The van der Waals surface area contributed by atoms with Gasteiger partial charge in [-0.2, -0.15) is 5.10 Å². The summed E-state index contributed by atoms with van der Waals surface area (Å²) in [6.45, 7) is 4.77. The predicted octanol–water partition coefficient (Wildman–Crippen LogP) is 2.43. The minimum atomic E-state index is 0.725. The largest absolute Gasteiger partial charge is 0.380 e. The van der Waals surface area contributed by atoms with Crippen molar-refractivity contribution in [3.63, 3.8) is 0 Å². The number of aryl methyl sites for hydroxylation is 3. The number of nitrogens with one attached hydrogen (secondary N) is 2. The van der Waals surface area contributed by atoms with Gasteiger partial charge < -0.3 is 9.88 Å². The number of hydrogen-bond acceptors (Lipinski definition) is 4. The summed E-state index contributed by atoms with van der Waals surface area (Å²) in [6, 6.07) is 8.11. The van der Waals surface area contributed by atoms with E-state index in [1.54, 1.807) is 6.33 Å². The zero-order valence-corrected chi connectivity index (χ0v) is 12.4. The van der Waals surface area contributed by atoms with Crippen LogP contribution in [0.15, 0.2) is 30.6 Å². The van der Waals surface area contributed by atoms with Gasteiger partial charge in [0.25, 0.3) is 0 Å². The molecule has 0 fully saturated rings. The normalized spacial score (nSPS) is 10.8. The minimum Gasteiger partial charge on any atom is -0.380 e. The highest BCUT2D eigenvalue weighted by atomic mass is 15.2. The van der Waals surface area contributed by atoms with E-state index in [4.69, 9.17) is 0 Å². The molecule has 0 atom stereocenters. The lowest BCUT2D eigenvalue weighted by molar-refractivity contribution is 0.919. The first-order chi connectivity index (χ1) is 10.2. The quantitative estimate of drug-likeness (QED) is 0.771. The first kappa shape index (κ1) is 13.4. The molecule has 0 saturated heterocycles. The molecule has 0 aliphatic rings. The summed E-state index contributed by atoms with van der Waals surface area (Å²) in [5, 5.41) is 18.8. The Morgan fingerprint density at radius 2 is 2.05 bits per heavy atom. The number of aromatic nitrogens is 5. The van der Waals surface area contributed by atoms with E-state index in [2.05, 4.69) is 31.8 Å². The van der Waals surface area contributed by atoms with Gasteiger partial charge in [-0.3, -0.25) is 5.10 Å². The number of rotatable bonds is 4. The highest BCUT2D eigenvalue weighted by Crippen LogP contribution is 2.26. The van der Waals surface area contributed by atoms with Crippen molar-refractivity contribution < 1.29 is 0 Å². The van der Waals surface area contributed by atoms with E-state index in [0.29, 0.717) is 0 Å². The lowest BCUT2D eigenvalue weighted by Crippen LogP contribution is -2.04. The number of benzene rings is 1. The third-order valence-corrected chi connectivity index (χ3v) is 3.62. The molecule has 0 aliphatic carbocycles. The van der Waals surface area contributed by atoms with E-state index in [1.807, 2.05) is 43.7 Å². The van der Waals surface area contributed by atoms with Crippen LogP contribution in [-0.4, -0.2) is 25.0 Å². The van der Waals surface area contributed by atoms with Crippen LogP contribution < -0.4 is 5.32 Å². The van der Waals surface area contributed by atoms with Gasteiger partial charge in [-0.15, -0.1) is 10.2 Å². The van der Waals surface area contributed by atoms with Crippen LogP contribution in [0.3, 0.4) is 0 Å². The Hall–Kier alpha value is -2.63. The van der Waals surface area contributed by atoms with Crippen molar-refractivity contribution in [3.05, 3.63) is 47.5 Å². The predicted molar refractivity (Wildman–Crippen MR) is 81.8 cm³/mol. The van der Waals surface area contributed by atoms with Crippen LogP contribution in [-0.2, 0) is 13.6 Å². The monoisotopic (exact) mass is 282 g/mol. The average molecular weight is 282 g/mol. The van der Waals surface area contributed by atoms with Crippen molar-refractivity contribution in [2.24, 2.45) is 7.05 Å². The third-order valence-electron chi connectivity index (χ3n) is 3.62. The number of anilines is 1. The van der Waals surface area contributed by atoms with E-state index >= 15 is 0 Å². The molecule has 2 heterocycles. The van der Waals surface area contributed by atoms with Crippen molar-refractivity contribution in [2.75, 3.05) is 5.32 Å². The number of H-pyrrole nitrogens is 1. The lowest BCUT2D eigenvalue weighted by atomic mass is 10.1. The fraction of sp³-hybridized carbons (Fsp3) is 0.267. The molecule has 0 aliphatic heterocycles. The number of para-hydroxylation sites is 1. The van der Waals surface area contributed by atoms with E-state index in [0.717, 1.165) is 35.0 Å². The summed E-state index contributed by atoms with van der Waals surface area (Å²) in [5.74, 6) is 0.846. The highest BCUT2D eigenvalue weighted by Gasteiger charge is 2.11. The molecule has 2 N–H and O–H groups in total. The molecular formula is C15H18N6. The molecule has 0 spiro atoms. The molecule has 0 bridgehead atoms. The summed E-state index contributed by atoms with van der Waals surface area (Å²) in [5.41, 5.74) is 5.39. The van der Waals surface area contributed by atoms with Gasteiger partial charge in [0, 0.05) is 36.1 Å². The maximum absolute atomic E-state index is 4.22. The summed E-state index contributed by atoms with van der Waals surface area (Å²) in [4.78, 5) is 0. The summed E-state index contributed by atoms with van der Waals surface area (Å²) < 4.78 is 1.91. The van der Waals surface area contributed by atoms with Crippen molar-refractivity contribution in [1.29, 1.82) is 0 Å². The lowest BCUT2D eigenvalue weighted by Gasteiger charge is -2.11. The molecule has 3 aromatic rings. The van der Waals surface area contributed by atoms with Gasteiger partial charge in [-0.25, -0.2) is 0 Å². The van der Waals surface area contributed by atoms with Crippen LogP contribution in [0.2, 0.25) is 0 Å². The molecule has 6 heteroatoms. The highest BCUT2D eigenvalue weighted by molar-refractivity contribution is 5.73. The van der Waals surface area contributed by atoms with E-state index < -0.39 is 0 Å². The maximum atomic E-state index is 4.22. The van der Waals surface area contributed by atoms with Gasteiger partial charge in [0.15, 0.2) is 5.82 Å². The third kappa shape index (κ3) is 2.52. The molecule has 21 heavy (non-hydrogen) atoms. The summed E-state index contributed by atoms with van der Waals surface area (Å²) in [7, 11) is 1.94. The van der Waals surface area contributed by atoms with Crippen molar-refractivity contribution in [1.82, 2.24) is 25.0 Å². The van der Waals surface area contributed by atoms with Crippen LogP contribution in [0, 0.1) is 13.8 Å². The molecule has 1 aromatic carbocycles. The molecule has 6 nitrogen and oxygen atoms in total. The summed E-state index contributed by atoms with van der Waals surface area (Å²) >= 11 is 0. The smallest absolute Gasteiger partial charge is 0.165 e. The van der Waals surface area contributed by atoms with Gasteiger partial charge in [-0.1, -0.05) is 12.1 Å². The van der Waals surface area contributed by atoms with Crippen LogP contribution in [0.25, 0.3) is 11.4 Å². The zero-order valence-electron chi connectivity index (χ0n) is 12.4. The summed E-state index contributed by atoms with van der Waals surface area (Å²) in [6.07, 6.45) is 1.70. The molecule has 0 unspecified atom stereocenters. The van der Waals surface area contributed by atoms with Crippen molar-refractivity contribution >= 4 is 5.69 Å². The first-order valence-electron chi connectivity index (χ1n) is 6.84. The average Bonchev–Trinajstić information content (AvgIpc) is 3.04. The molecular weight excluding hydrogens is 264 g/mol. The maximum Gasteiger partial charge on any atom is 0.165 e. The van der Waals surface area contributed by atoms with Gasteiger partial charge in [-0.05, 0) is 26.0 Å². The van der Waals surface area contributed by atoms with E-state index in [9.17, 15) is 0 Å². The fourth-order valence-electron chi connectivity index (χ4n) is 2.38. The Labute approximate surface area is 123 Å². The number of nitrogens with zero attached hydrogens (tertiary/aromatic N) is 4. The Bertz CT molecular complexity index is 736. The van der Waals surface area contributed by atoms with Crippen LogP contribution in [0.5, 0.6) is 0 Å². The number of aromatic amines is 1. The molecule has 0 radical (unpaired) electrons. The van der Waals surface area contributed by atoms with Gasteiger partial charge >= 0.3 is 0 Å². The van der Waals surface area contributed by atoms with Crippen LogP contribution in [0.1, 0.15) is 17.0 Å². The van der Waals surface area contributed by atoms with Gasteiger partial charge in [0.05, 0.1) is 5.69 Å².